The molecule has 134 valence electrons. The van der Waals surface area contributed by atoms with Crippen molar-refractivity contribution < 1.29 is 4.79 Å². The zero-order valence-electron chi connectivity index (χ0n) is 14.6. The third kappa shape index (κ3) is 4.10. The van der Waals surface area contributed by atoms with Crippen molar-refractivity contribution in [3.8, 4) is 6.07 Å². The molecule has 2 aromatic carbocycles. The van der Waals surface area contributed by atoms with Crippen LogP contribution in [0.1, 0.15) is 28.8 Å². The van der Waals surface area contributed by atoms with Crippen molar-refractivity contribution in [2.75, 3.05) is 35.5 Å². The van der Waals surface area contributed by atoms with E-state index in [1.807, 2.05) is 30.3 Å². The Labute approximate surface area is 157 Å². The molecule has 0 aliphatic carbocycles. The fourth-order valence-electron chi connectivity index (χ4n) is 2.88. The molecule has 1 saturated heterocycles. The number of hydrogen-bond acceptors (Lipinski definition) is 7. The van der Waals surface area contributed by atoms with Crippen LogP contribution in [0.3, 0.4) is 0 Å². The van der Waals surface area contributed by atoms with Crippen LogP contribution in [0.2, 0.25) is 0 Å². The number of carbonyl (C=O) groups excluding carboxylic acids is 1. The molecule has 7 heteroatoms. The first-order valence-electron chi connectivity index (χ1n) is 8.50. The molecule has 0 atom stereocenters. The molecule has 0 amide bonds. The highest BCUT2D eigenvalue weighted by atomic mass is 32.2. The Kier molecular flexibility index (Phi) is 6.00. The zero-order chi connectivity index (χ0) is 18.4. The van der Waals surface area contributed by atoms with Crippen LogP contribution >= 0.6 is 12.1 Å². The van der Waals surface area contributed by atoms with Crippen LogP contribution in [-0.4, -0.2) is 30.7 Å². The summed E-state index contributed by atoms with van der Waals surface area (Å²) >= 11 is 1.54. The Hall–Kier alpha value is -2.69. The average molecular weight is 367 g/mol. The van der Waals surface area contributed by atoms with E-state index in [2.05, 4.69) is 25.7 Å². The van der Waals surface area contributed by atoms with Gasteiger partial charge in [0.15, 0.2) is 6.29 Å². The van der Waals surface area contributed by atoms with E-state index in [0.717, 1.165) is 36.4 Å². The smallest absolute Gasteiger partial charge is 0.152 e. The van der Waals surface area contributed by atoms with Gasteiger partial charge in [0, 0.05) is 49.2 Å². The molecule has 0 radical (unpaired) electrons. The molecule has 1 aliphatic heterocycles. The molecule has 3 N–H and O–H groups in total. The fourth-order valence-corrected chi connectivity index (χ4v) is 3.71. The quantitative estimate of drug-likeness (QED) is 0.499. The Morgan fingerprint density at radius 1 is 1.15 bits per heavy atom. The van der Waals surface area contributed by atoms with Gasteiger partial charge >= 0.3 is 0 Å². The molecule has 1 heterocycles. The molecule has 0 aromatic heterocycles. The molecule has 0 bridgehead atoms. The molecule has 3 rings (SSSR count). The predicted molar refractivity (Wildman–Crippen MR) is 108 cm³/mol. The maximum atomic E-state index is 11.2. The summed E-state index contributed by atoms with van der Waals surface area (Å²) in [6.45, 7) is 2.12. The molecule has 2 aromatic rings. The van der Waals surface area contributed by atoms with E-state index in [-0.39, 0.29) is 0 Å². The van der Waals surface area contributed by atoms with Gasteiger partial charge in [0.2, 0.25) is 0 Å². The Balaban J connectivity index is 1.80. The van der Waals surface area contributed by atoms with E-state index in [4.69, 9.17) is 0 Å². The van der Waals surface area contributed by atoms with Gasteiger partial charge in [-0.05, 0) is 43.2 Å². The van der Waals surface area contributed by atoms with Crippen molar-refractivity contribution in [2.45, 2.75) is 12.8 Å². The van der Waals surface area contributed by atoms with E-state index < -0.39 is 0 Å². The normalized spacial score (nSPS) is 13.8. The summed E-state index contributed by atoms with van der Waals surface area (Å²) in [6, 6.07) is 13.4. The molecule has 0 saturated carbocycles. The number of anilines is 4. The summed E-state index contributed by atoms with van der Waals surface area (Å²) in [4.78, 5) is 11.2. The Morgan fingerprint density at radius 2 is 1.92 bits per heavy atom. The SMILES string of the molecule is CNc1ccc(Nc2cccc(NSN3CCCC3)c2C#N)cc1C=O. The standard InChI is InChI=1S/C19H21N5OS/c1-21-17-8-7-15(11-14(17)13-25)22-18-5-4-6-19(16(18)12-20)23-26-24-9-2-3-10-24/h4-8,11,13,21-23H,2-3,9-10H2,1H3. The second-order valence-corrected chi connectivity index (χ2v) is 6.87. The summed E-state index contributed by atoms with van der Waals surface area (Å²) in [5.41, 5.74) is 4.11. The first-order chi connectivity index (χ1) is 12.7. The lowest BCUT2D eigenvalue weighted by molar-refractivity contribution is 0.112. The first-order valence-corrected chi connectivity index (χ1v) is 9.27. The van der Waals surface area contributed by atoms with Gasteiger partial charge in [-0.3, -0.25) is 4.79 Å². The Morgan fingerprint density at radius 3 is 2.62 bits per heavy atom. The maximum absolute atomic E-state index is 11.2. The van der Waals surface area contributed by atoms with E-state index in [1.54, 1.807) is 25.2 Å². The first kappa shape index (κ1) is 18.1. The van der Waals surface area contributed by atoms with Crippen molar-refractivity contribution in [3.05, 3.63) is 47.5 Å². The van der Waals surface area contributed by atoms with Gasteiger partial charge in [0.05, 0.1) is 16.9 Å². The van der Waals surface area contributed by atoms with Crippen LogP contribution in [0.25, 0.3) is 0 Å². The molecule has 1 aliphatic rings. The lowest BCUT2D eigenvalue weighted by Crippen LogP contribution is -2.12. The molecular weight excluding hydrogens is 346 g/mol. The topological polar surface area (TPSA) is 80.2 Å². The van der Waals surface area contributed by atoms with Crippen LogP contribution in [0.5, 0.6) is 0 Å². The largest absolute Gasteiger partial charge is 0.388 e. The Bertz CT molecular complexity index is 827. The van der Waals surface area contributed by atoms with E-state index >= 15 is 0 Å². The summed E-state index contributed by atoms with van der Waals surface area (Å²) in [5, 5.41) is 15.9. The van der Waals surface area contributed by atoms with Gasteiger partial charge in [-0.15, -0.1) is 0 Å². The molecular formula is C19H21N5OS. The highest BCUT2D eigenvalue weighted by Crippen LogP contribution is 2.30. The lowest BCUT2D eigenvalue weighted by atomic mass is 10.1. The van der Waals surface area contributed by atoms with Gasteiger partial charge in [-0.2, -0.15) is 5.26 Å². The minimum Gasteiger partial charge on any atom is -0.388 e. The average Bonchev–Trinajstić information content (AvgIpc) is 3.20. The van der Waals surface area contributed by atoms with Gasteiger partial charge in [-0.1, -0.05) is 6.07 Å². The number of nitrogens with one attached hydrogen (secondary N) is 3. The number of benzene rings is 2. The molecule has 26 heavy (non-hydrogen) atoms. The summed E-state index contributed by atoms with van der Waals surface area (Å²) < 4.78 is 5.55. The third-order valence-electron chi connectivity index (χ3n) is 4.25. The second kappa shape index (κ2) is 8.61. The van der Waals surface area contributed by atoms with E-state index in [1.165, 1.54) is 12.8 Å². The van der Waals surface area contributed by atoms with Gasteiger partial charge in [0.1, 0.15) is 6.07 Å². The fraction of sp³-hybridized carbons (Fsp3) is 0.263. The zero-order valence-corrected chi connectivity index (χ0v) is 15.4. The van der Waals surface area contributed by atoms with Gasteiger partial charge in [-0.25, -0.2) is 4.31 Å². The lowest BCUT2D eigenvalue weighted by Gasteiger charge is -2.17. The molecule has 6 nitrogen and oxygen atoms in total. The number of nitrogens with zero attached hydrogens (tertiary/aromatic N) is 2. The van der Waals surface area contributed by atoms with Crippen LogP contribution in [-0.2, 0) is 0 Å². The van der Waals surface area contributed by atoms with Crippen LogP contribution in [0, 0.1) is 11.3 Å². The number of rotatable bonds is 7. The highest BCUT2D eigenvalue weighted by molar-refractivity contribution is 7.98. The summed E-state index contributed by atoms with van der Waals surface area (Å²) in [6.07, 6.45) is 3.24. The molecule has 0 spiro atoms. The van der Waals surface area contributed by atoms with E-state index in [0.29, 0.717) is 16.8 Å². The monoisotopic (exact) mass is 367 g/mol. The summed E-state index contributed by atoms with van der Waals surface area (Å²) in [5.74, 6) is 0. The third-order valence-corrected chi connectivity index (χ3v) is 5.19. The van der Waals surface area contributed by atoms with Crippen LogP contribution < -0.4 is 15.4 Å². The second-order valence-electron chi connectivity index (χ2n) is 5.96. The highest BCUT2D eigenvalue weighted by Gasteiger charge is 2.14. The van der Waals surface area contributed by atoms with Crippen LogP contribution in [0.4, 0.5) is 22.7 Å². The van der Waals surface area contributed by atoms with Crippen molar-refractivity contribution >= 4 is 41.2 Å². The number of nitriles is 1. The van der Waals surface area contributed by atoms with Gasteiger partial charge < -0.3 is 15.4 Å². The molecule has 0 unspecified atom stereocenters. The predicted octanol–water partition coefficient (Wildman–Crippen LogP) is 4.23. The minimum absolute atomic E-state index is 0.546. The van der Waals surface area contributed by atoms with Crippen molar-refractivity contribution in [1.29, 1.82) is 5.26 Å². The number of aldehydes is 1. The number of hydrogen-bond donors (Lipinski definition) is 3. The minimum atomic E-state index is 0.546. The van der Waals surface area contributed by atoms with Gasteiger partial charge in [0.25, 0.3) is 0 Å². The van der Waals surface area contributed by atoms with Crippen molar-refractivity contribution in [3.63, 3.8) is 0 Å². The maximum Gasteiger partial charge on any atom is 0.152 e. The summed E-state index contributed by atoms with van der Waals surface area (Å²) in [7, 11) is 1.77. The van der Waals surface area contributed by atoms with Crippen LogP contribution in [0.15, 0.2) is 36.4 Å². The van der Waals surface area contributed by atoms with Crippen molar-refractivity contribution in [2.24, 2.45) is 0 Å². The van der Waals surface area contributed by atoms with E-state index in [9.17, 15) is 10.1 Å². The number of carbonyl (C=O) groups is 1. The van der Waals surface area contributed by atoms with Crippen molar-refractivity contribution in [1.82, 2.24) is 4.31 Å². The molecule has 1 fully saturated rings.